The van der Waals surface area contributed by atoms with Gasteiger partial charge in [0.05, 0.1) is 6.61 Å². The number of allylic oxidation sites excluding steroid dienone is 1. The summed E-state index contributed by atoms with van der Waals surface area (Å²) in [6.07, 6.45) is -4.42. The third kappa shape index (κ3) is 15.6. The molecule has 2 aliphatic rings. The lowest BCUT2D eigenvalue weighted by Gasteiger charge is -2.43. The van der Waals surface area contributed by atoms with Gasteiger partial charge in [0, 0.05) is 19.9 Å². The lowest BCUT2D eigenvalue weighted by molar-refractivity contribution is -0.165. The number of aryl methyl sites for hydroxylation is 1. The van der Waals surface area contributed by atoms with Crippen LogP contribution in [0.15, 0.2) is 90.6 Å². The molecular weight excluding hydrogens is 989 g/mol. The summed E-state index contributed by atoms with van der Waals surface area (Å²) in [4.78, 5) is 130. The monoisotopic (exact) mass is 1060 g/mol. The van der Waals surface area contributed by atoms with Crippen molar-refractivity contribution in [2.24, 2.45) is 5.92 Å². The molecule has 1 unspecified atom stereocenters. The van der Waals surface area contributed by atoms with Crippen LogP contribution in [0.2, 0.25) is 0 Å². The van der Waals surface area contributed by atoms with Gasteiger partial charge in [-0.2, -0.15) is 0 Å². The smallest absolute Gasteiger partial charge is 0.329 e. The lowest BCUT2D eigenvalue weighted by Crippen LogP contribution is -2.64. The third-order valence-electron chi connectivity index (χ3n) is 13.1. The quantitative estimate of drug-likeness (QED) is 0.0647. The van der Waals surface area contributed by atoms with Gasteiger partial charge in [-0.05, 0) is 93.3 Å². The van der Waals surface area contributed by atoms with Crippen LogP contribution in [0.1, 0.15) is 70.6 Å². The van der Waals surface area contributed by atoms with Crippen LogP contribution in [0.25, 0.3) is 0 Å². The second-order valence-corrected chi connectivity index (χ2v) is 19.1. The third-order valence-corrected chi connectivity index (χ3v) is 13.1. The molecule has 2 aliphatic heterocycles. The number of aliphatic hydroxyl groups excluding tert-OH is 3. The molecule has 410 valence electrons. The Balaban J connectivity index is 1.57. The van der Waals surface area contributed by atoms with Crippen molar-refractivity contribution in [3.8, 4) is 11.5 Å². The van der Waals surface area contributed by atoms with Gasteiger partial charge in [-0.1, -0.05) is 74.5 Å². The standard InChI is InChI=1S/C53H68N8O15/c1-7-36-46(68)57-38-23-24-42(66)61(51(38)73)40(26-32-11-9-8-10-12-32)52(74)60(6)39(25-33-15-20-35(64)21-16-33)48(70)58-43(28(2)3)53(75)76-30(5)44(50(72)55-36)59-47(69)37(22-17-31-13-18-34(63)19-14-31)56-45(67)29(4)54-49(71)41(65)27-62/h7-16,18-21,28-30,37-44,62-66H,17,22-27H2,1-6H3,(H,54,71)(H,55,72)(H,56,67)(H,57,68)(H,58,70)(H,59,69)/b36-7-/t29-,30+,37-,38?,39-,40-,41+,42+,43-,44-/m0/s1. The van der Waals surface area contributed by atoms with E-state index in [1.165, 1.54) is 70.3 Å². The van der Waals surface area contributed by atoms with E-state index in [2.05, 4.69) is 31.9 Å². The highest BCUT2D eigenvalue weighted by Crippen LogP contribution is 2.26. The number of esters is 1. The summed E-state index contributed by atoms with van der Waals surface area (Å²) in [5.41, 5.74) is 1.24. The minimum atomic E-state index is -1.87. The van der Waals surface area contributed by atoms with Gasteiger partial charge < -0.3 is 72.0 Å². The zero-order valence-electron chi connectivity index (χ0n) is 43.1. The minimum absolute atomic E-state index is 0.0412. The van der Waals surface area contributed by atoms with Gasteiger partial charge in [-0.3, -0.25) is 38.4 Å². The number of fused-ring (bicyclic) bond motifs is 2. The predicted molar refractivity (Wildman–Crippen MR) is 272 cm³/mol. The average molecular weight is 1060 g/mol. The fraction of sp³-hybridized carbons (Fsp3) is 0.453. The molecular formula is C53H68N8O15. The highest BCUT2D eigenvalue weighted by atomic mass is 16.5. The first kappa shape index (κ1) is 59.0. The summed E-state index contributed by atoms with van der Waals surface area (Å²) in [5, 5.41) is 65.5. The summed E-state index contributed by atoms with van der Waals surface area (Å²) in [6.45, 7) is 6.12. The van der Waals surface area contributed by atoms with Crippen LogP contribution in [-0.4, -0.2) is 163 Å². The zero-order valence-corrected chi connectivity index (χ0v) is 43.1. The number of nitrogens with zero attached hydrogens (tertiary/aromatic N) is 2. The Labute approximate surface area is 439 Å². The Bertz CT molecular complexity index is 2600. The summed E-state index contributed by atoms with van der Waals surface area (Å²) >= 11 is 0. The largest absolute Gasteiger partial charge is 0.508 e. The zero-order chi connectivity index (χ0) is 56.0. The molecule has 10 atom stereocenters. The van der Waals surface area contributed by atoms with E-state index in [-0.39, 0.29) is 50.0 Å². The van der Waals surface area contributed by atoms with Gasteiger partial charge in [0.2, 0.25) is 29.5 Å². The number of carbonyl (C=O) groups excluding carboxylic acids is 9. The van der Waals surface area contributed by atoms with Crippen molar-refractivity contribution in [1.29, 1.82) is 0 Å². The maximum atomic E-state index is 15.0. The number of aliphatic hydroxyl groups is 3. The van der Waals surface area contributed by atoms with Crippen LogP contribution >= 0.6 is 0 Å². The molecule has 3 aromatic rings. The van der Waals surface area contributed by atoms with E-state index in [1.54, 1.807) is 56.3 Å². The van der Waals surface area contributed by atoms with Gasteiger partial charge in [0.15, 0.2) is 6.10 Å². The molecule has 0 radical (unpaired) electrons. The molecule has 0 spiro atoms. The van der Waals surface area contributed by atoms with Gasteiger partial charge >= 0.3 is 5.97 Å². The van der Waals surface area contributed by atoms with Crippen molar-refractivity contribution in [2.75, 3.05) is 13.7 Å². The van der Waals surface area contributed by atoms with E-state index in [0.717, 1.165) is 9.80 Å². The van der Waals surface area contributed by atoms with Crippen molar-refractivity contribution in [2.45, 2.75) is 134 Å². The van der Waals surface area contributed by atoms with E-state index in [4.69, 9.17) is 4.74 Å². The fourth-order valence-corrected chi connectivity index (χ4v) is 8.62. The summed E-state index contributed by atoms with van der Waals surface area (Å²) in [5.74, 6) is -9.59. The molecule has 11 N–H and O–H groups in total. The maximum absolute atomic E-state index is 15.0. The van der Waals surface area contributed by atoms with Crippen LogP contribution in [0, 0.1) is 5.92 Å². The number of cyclic esters (lactones) is 1. The van der Waals surface area contributed by atoms with Crippen molar-refractivity contribution in [1.82, 2.24) is 41.7 Å². The number of nitrogens with one attached hydrogen (secondary N) is 6. The van der Waals surface area contributed by atoms with Gasteiger partial charge in [-0.15, -0.1) is 0 Å². The molecule has 76 heavy (non-hydrogen) atoms. The van der Waals surface area contributed by atoms with Crippen LogP contribution < -0.4 is 31.9 Å². The molecule has 2 saturated heterocycles. The topological polar surface area (TPSA) is 343 Å². The van der Waals surface area contributed by atoms with Crippen molar-refractivity contribution >= 4 is 53.2 Å². The highest BCUT2D eigenvalue weighted by molar-refractivity contribution is 6.03. The minimum Gasteiger partial charge on any atom is -0.508 e. The molecule has 2 bridgehead atoms. The van der Waals surface area contributed by atoms with Crippen molar-refractivity contribution in [3.05, 3.63) is 107 Å². The number of likely N-dealkylation sites (N-methyl/N-ethyl adjacent to an activating group) is 1. The van der Waals surface area contributed by atoms with E-state index in [9.17, 15) is 63.9 Å². The molecule has 2 fully saturated rings. The number of carbonyl (C=O) groups is 9. The molecule has 23 heteroatoms. The number of rotatable bonds is 15. The molecule has 2 heterocycles. The van der Waals surface area contributed by atoms with Gasteiger partial charge in [0.25, 0.3) is 17.7 Å². The number of hydrogen-bond acceptors (Lipinski definition) is 15. The average Bonchev–Trinajstić information content (AvgIpc) is 3.39. The molecule has 5 rings (SSSR count). The van der Waals surface area contributed by atoms with Crippen molar-refractivity contribution in [3.63, 3.8) is 0 Å². The van der Waals surface area contributed by atoms with E-state index in [1.807, 2.05) is 0 Å². The van der Waals surface area contributed by atoms with Gasteiger partial charge in [0.1, 0.15) is 71.8 Å². The van der Waals surface area contributed by atoms with E-state index < -0.39 is 132 Å². The molecule has 0 saturated carbocycles. The summed E-state index contributed by atoms with van der Waals surface area (Å²) in [6, 6.07) is 9.89. The lowest BCUT2D eigenvalue weighted by atomic mass is 9.95. The first-order valence-electron chi connectivity index (χ1n) is 24.9. The van der Waals surface area contributed by atoms with Crippen LogP contribution in [0.4, 0.5) is 0 Å². The first-order chi connectivity index (χ1) is 36.0. The summed E-state index contributed by atoms with van der Waals surface area (Å²) < 4.78 is 5.88. The fourth-order valence-electron chi connectivity index (χ4n) is 8.62. The Morgan fingerprint density at radius 3 is 1.95 bits per heavy atom. The second kappa shape index (κ2) is 27.1. The number of piperidine rings is 1. The molecule has 23 nitrogen and oxygen atoms in total. The number of aromatic hydroxyl groups is 2. The molecule has 8 amide bonds. The SMILES string of the molecule is C/C=C1\NC(=O)[C@@H](NC(=O)[C@H](CCc2ccc(O)cc2)NC(=O)[C@H](C)NC(=O)[C@H](O)CO)[C@@H](C)OC(=O)[C@H](C(C)C)NC(=O)[C@H](Cc2ccc(O)cc2)N(C)C(=O)[C@H](Cc2ccccc2)N2C(=O)C(CC[C@H]2O)NC1=O. The van der Waals surface area contributed by atoms with Crippen molar-refractivity contribution < 1.29 is 73.4 Å². The number of phenols is 2. The van der Waals surface area contributed by atoms with Crippen LogP contribution in [0.5, 0.6) is 11.5 Å². The Morgan fingerprint density at radius 1 is 0.763 bits per heavy atom. The molecule has 0 aliphatic carbocycles. The number of benzene rings is 3. The van der Waals surface area contributed by atoms with E-state index in [0.29, 0.717) is 16.7 Å². The Hall–Kier alpha value is -7.89. The van der Waals surface area contributed by atoms with Crippen LogP contribution in [-0.2, 0) is 67.2 Å². The number of hydrogen-bond donors (Lipinski definition) is 11. The summed E-state index contributed by atoms with van der Waals surface area (Å²) in [7, 11) is 1.33. The predicted octanol–water partition coefficient (Wildman–Crippen LogP) is -0.929. The van der Waals surface area contributed by atoms with E-state index >= 15 is 4.79 Å². The number of ether oxygens (including phenoxy) is 1. The second-order valence-electron chi connectivity index (χ2n) is 19.1. The maximum Gasteiger partial charge on any atom is 0.329 e. The normalized spacial score (nSPS) is 23.9. The Kier molecular flexibility index (Phi) is 21.0. The number of phenolic OH excluding ortho intramolecular Hbond substituents is 2. The Morgan fingerprint density at radius 2 is 1.36 bits per heavy atom. The van der Waals surface area contributed by atoms with Gasteiger partial charge in [-0.25, -0.2) is 4.79 Å². The first-order valence-corrected chi connectivity index (χ1v) is 24.9. The van der Waals surface area contributed by atoms with Crippen LogP contribution in [0.3, 0.4) is 0 Å². The molecule has 3 aromatic carbocycles. The number of amides is 8. The molecule has 0 aromatic heterocycles. The highest BCUT2D eigenvalue weighted by Gasteiger charge is 2.45.